The zero-order chi connectivity index (χ0) is 20.3. The van der Waals surface area contributed by atoms with E-state index in [1.54, 1.807) is 5.57 Å². The molecule has 0 bridgehead atoms. The van der Waals surface area contributed by atoms with Crippen LogP contribution in [0.3, 0.4) is 0 Å². The maximum Gasteiger partial charge on any atom is 0.303 e. The number of carboxylic acid groups (broad SMARTS) is 1. The largest absolute Gasteiger partial charge is 0.481 e. The predicted octanol–water partition coefficient (Wildman–Crippen LogP) is 4.54. The van der Waals surface area contributed by atoms with Crippen LogP contribution in [0.2, 0.25) is 0 Å². The molecule has 0 radical (unpaired) electrons. The third kappa shape index (κ3) is 2.98. The molecule has 0 heterocycles. The fourth-order valence-corrected chi connectivity index (χ4v) is 7.92. The molecule has 0 spiro atoms. The van der Waals surface area contributed by atoms with Crippen LogP contribution in [0.25, 0.3) is 0 Å². The standard InChI is InChI=1S/C24H38O4/c1-14(4-9-22(27)28)18-7-8-19-17-6-5-15-12-16(25)10-11-23(15,2)20(17)13-21(26)24(18,19)3/h14-16,18,20-21,25-26H,4-13H2,1-3H3,(H,27,28)/t14-,15-,16-,18+,20+,21-,23+,24-/m1/s1. The van der Waals surface area contributed by atoms with E-state index in [0.717, 1.165) is 44.9 Å². The molecule has 4 rings (SSSR count). The van der Waals surface area contributed by atoms with E-state index in [-0.39, 0.29) is 29.5 Å². The summed E-state index contributed by atoms with van der Waals surface area (Å²) in [7, 11) is 0. The molecular weight excluding hydrogens is 352 g/mol. The molecule has 0 aromatic heterocycles. The van der Waals surface area contributed by atoms with Crippen LogP contribution in [0.4, 0.5) is 0 Å². The number of carboxylic acids is 1. The number of allylic oxidation sites excluding steroid dienone is 1. The zero-order valence-corrected chi connectivity index (χ0v) is 17.8. The highest BCUT2D eigenvalue weighted by atomic mass is 16.4. The molecule has 3 N–H and O–H groups in total. The SMILES string of the molecule is C[C@H](CCC(=O)O)[C@@H]1CCC2=C3CC[C@@H]4C[C@H](O)CC[C@]4(C)[C@H]3C[C@@H](O)[C@@]21C. The average Bonchev–Trinajstić information content (AvgIpc) is 3.00. The van der Waals surface area contributed by atoms with Crippen molar-refractivity contribution in [2.45, 2.75) is 97.2 Å². The Kier molecular flexibility index (Phi) is 5.19. The minimum Gasteiger partial charge on any atom is -0.481 e. The van der Waals surface area contributed by atoms with E-state index < -0.39 is 5.97 Å². The van der Waals surface area contributed by atoms with E-state index >= 15 is 0 Å². The predicted molar refractivity (Wildman–Crippen MR) is 109 cm³/mol. The molecule has 4 aliphatic rings. The Morgan fingerprint density at radius 3 is 2.61 bits per heavy atom. The van der Waals surface area contributed by atoms with Crippen molar-refractivity contribution in [3.8, 4) is 0 Å². The van der Waals surface area contributed by atoms with Crippen molar-refractivity contribution in [1.29, 1.82) is 0 Å². The first-order chi connectivity index (χ1) is 13.2. The minimum absolute atomic E-state index is 0.142. The molecule has 0 unspecified atom stereocenters. The molecule has 0 saturated heterocycles. The van der Waals surface area contributed by atoms with Gasteiger partial charge in [-0.15, -0.1) is 0 Å². The van der Waals surface area contributed by atoms with Gasteiger partial charge in [0.25, 0.3) is 0 Å². The molecule has 0 amide bonds. The Morgan fingerprint density at radius 2 is 1.89 bits per heavy atom. The van der Waals surface area contributed by atoms with Crippen LogP contribution in [-0.4, -0.2) is 33.5 Å². The van der Waals surface area contributed by atoms with Gasteiger partial charge in [0.2, 0.25) is 0 Å². The summed E-state index contributed by atoms with van der Waals surface area (Å²) in [6, 6.07) is 0. The summed E-state index contributed by atoms with van der Waals surface area (Å²) in [6.45, 7) is 6.88. The van der Waals surface area contributed by atoms with Gasteiger partial charge in [-0.25, -0.2) is 0 Å². The van der Waals surface area contributed by atoms with Gasteiger partial charge in [-0.05, 0) is 86.9 Å². The summed E-state index contributed by atoms with van der Waals surface area (Å²) >= 11 is 0. The van der Waals surface area contributed by atoms with Gasteiger partial charge in [-0.3, -0.25) is 4.79 Å². The fourth-order valence-electron chi connectivity index (χ4n) is 7.92. The fraction of sp³-hybridized carbons (Fsp3) is 0.875. The first-order valence-corrected chi connectivity index (χ1v) is 11.5. The molecule has 0 aliphatic heterocycles. The second-order valence-electron chi connectivity index (χ2n) is 10.8. The van der Waals surface area contributed by atoms with Gasteiger partial charge in [-0.1, -0.05) is 31.9 Å². The molecule has 4 heteroatoms. The van der Waals surface area contributed by atoms with Crippen LogP contribution < -0.4 is 0 Å². The smallest absolute Gasteiger partial charge is 0.303 e. The number of aliphatic hydroxyl groups is 2. The van der Waals surface area contributed by atoms with Crippen LogP contribution in [0.1, 0.15) is 85.0 Å². The number of rotatable bonds is 4. The highest BCUT2D eigenvalue weighted by Gasteiger charge is 2.58. The Hall–Kier alpha value is -0.870. The Bertz CT molecular complexity index is 670. The maximum atomic E-state index is 11.4. The van der Waals surface area contributed by atoms with E-state index in [2.05, 4.69) is 20.8 Å². The minimum atomic E-state index is -0.719. The highest BCUT2D eigenvalue weighted by molar-refractivity contribution is 5.66. The number of aliphatic hydroxyl groups excluding tert-OH is 2. The summed E-state index contributed by atoms with van der Waals surface area (Å²) in [6.07, 6.45) is 8.65. The van der Waals surface area contributed by atoms with Crippen molar-refractivity contribution in [2.75, 3.05) is 0 Å². The van der Waals surface area contributed by atoms with Gasteiger partial charge >= 0.3 is 5.97 Å². The number of aliphatic carboxylic acids is 1. The molecule has 158 valence electrons. The number of fused-ring (bicyclic) bond motifs is 4. The molecule has 4 aliphatic carbocycles. The second-order valence-corrected chi connectivity index (χ2v) is 10.8. The number of hydrogen-bond acceptors (Lipinski definition) is 3. The van der Waals surface area contributed by atoms with Crippen LogP contribution in [0.15, 0.2) is 11.1 Å². The van der Waals surface area contributed by atoms with E-state index in [1.165, 1.54) is 12.0 Å². The Morgan fingerprint density at radius 1 is 1.14 bits per heavy atom. The van der Waals surface area contributed by atoms with Crippen molar-refractivity contribution < 1.29 is 20.1 Å². The molecule has 0 aromatic rings. The van der Waals surface area contributed by atoms with E-state index in [4.69, 9.17) is 5.11 Å². The van der Waals surface area contributed by atoms with Gasteiger partial charge in [0.05, 0.1) is 12.2 Å². The van der Waals surface area contributed by atoms with E-state index in [9.17, 15) is 15.0 Å². The maximum absolute atomic E-state index is 11.4. The van der Waals surface area contributed by atoms with Crippen LogP contribution in [0.5, 0.6) is 0 Å². The third-order valence-corrected chi connectivity index (χ3v) is 9.65. The molecule has 8 atom stereocenters. The van der Waals surface area contributed by atoms with Gasteiger partial charge < -0.3 is 15.3 Å². The zero-order valence-electron chi connectivity index (χ0n) is 17.8. The Balaban J connectivity index is 1.64. The van der Waals surface area contributed by atoms with Gasteiger partial charge in [0, 0.05) is 11.8 Å². The summed E-state index contributed by atoms with van der Waals surface area (Å²) in [5.74, 6) is 1.02. The monoisotopic (exact) mass is 390 g/mol. The van der Waals surface area contributed by atoms with E-state index in [1.807, 2.05) is 0 Å². The lowest BCUT2D eigenvalue weighted by molar-refractivity contribution is -0.137. The second kappa shape index (κ2) is 7.12. The quantitative estimate of drug-likeness (QED) is 0.616. The lowest BCUT2D eigenvalue weighted by atomic mass is 9.48. The molecule has 0 aromatic carbocycles. The Labute approximate surface area is 169 Å². The van der Waals surface area contributed by atoms with Crippen molar-refractivity contribution in [3.05, 3.63) is 11.1 Å². The lowest BCUT2D eigenvalue weighted by Gasteiger charge is -2.58. The van der Waals surface area contributed by atoms with Gasteiger partial charge in [-0.2, -0.15) is 0 Å². The van der Waals surface area contributed by atoms with Crippen molar-refractivity contribution in [2.24, 2.45) is 34.5 Å². The summed E-state index contributed by atoms with van der Waals surface area (Å²) in [5.41, 5.74) is 3.20. The molecule has 3 fully saturated rings. The molecule has 3 saturated carbocycles. The summed E-state index contributed by atoms with van der Waals surface area (Å²) in [4.78, 5) is 11.0. The lowest BCUT2D eigenvalue weighted by Crippen LogP contribution is -2.52. The van der Waals surface area contributed by atoms with Crippen molar-refractivity contribution >= 4 is 5.97 Å². The summed E-state index contributed by atoms with van der Waals surface area (Å²) in [5, 5.41) is 30.7. The van der Waals surface area contributed by atoms with Crippen molar-refractivity contribution in [3.63, 3.8) is 0 Å². The normalized spacial score (nSPS) is 46.5. The highest BCUT2D eigenvalue weighted by Crippen LogP contribution is 2.65. The van der Waals surface area contributed by atoms with Gasteiger partial charge in [0.15, 0.2) is 0 Å². The number of carbonyl (C=O) groups is 1. The molecule has 28 heavy (non-hydrogen) atoms. The summed E-state index contributed by atoms with van der Waals surface area (Å²) < 4.78 is 0. The van der Waals surface area contributed by atoms with E-state index in [0.29, 0.717) is 30.1 Å². The van der Waals surface area contributed by atoms with Crippen molar-refractivity contribution in [1.82, 2.24) is 0 Å². The van der Waals surface area contributed by atoms with Crippen LogP contribution in [0, 0.1) is 34.5 Å². The van der Waals surface area contributed by atoms with Gasteiger partial charge in [0.1, 0.15) is 0 Å². The molecule has 4 nitrogen and oxygen atoms in total. The average molecular weight is 391 g/mol. The topological polar surface area (TPSA) is 77.8 Å². The number of hydrogen-bond donors (Lipinski definition) is 3. The first-order valence-electron chi connectivity index (χ1n) is 11.5. The third-order valence-electron chi connectivity index (χ3n) is 9.65. The molecular formula is C24H38O4. The van der Waals surface area contributed by atoms with Crippen LogP contribution in [-0.2, 0) is 4.79 Å². The van der Waals surface area contributed by atoms with Crippen LogP contribution >= 0.6 is 0 Å². The first kappa shape index (κ1) is 20.4.